The summed E-state index contributed by atoms with van der Waals surface area (Å²) in [6, 6.07) is 5.18. The van der Waals surface area contributed by atoms with Crippen LogP contribution in [0.15, 0.2) is 18.2 Å². The van der Waals surface area contributed by atoms with Gasteiger partial charge in [-0.3, -0.25) is 4.79 Å². The predicted octanol–water partition coefficient (Wildman–Crippen LogP) is 4.51. The average Bonchev–Trinajstić information content (AvgIpc) is 2.72. The van der Waals surface area contributed by atoms with Gasteiger partial charge in [-0.1, -0.05) is 0 Å². The maximum Gasteiger partial charge on any atom is 0.410 e. The van der Waals surface area contributed by atoms with Crippen LogP contribution < -0.4 is 0 Å². The summed E-state index contributed by atoms with van der Waals surface area (Å²) in [5.41, 5.74) is 0.903. The van der Waals surface area contributed by atoms with Crippen LogP contribution in [0.25, 0.3) is 0 Å². The van der Waals surface area contributed by atoms with Crippen LogP contribution >= 0.6 is 0 Å². The Morgan fingerprint density at radius 1 is 0.968 bits per heavy atom. The maximum absolute atomic E-state index is 13.2. The molecule has 31 heavy (non-hydrogen) atoms. The first-order valence-corrected chi connectivity index (χ1v) is 11.2. The van der Waals surface area contributed by atoms with Crippen molar-refractivity contribution in [2.75, 3.05) is 19.6 Å². The predicted molar refractivity (Wildman–Crippen MR) is 118 cm³/mol. The summed E-state index contributed by atoms with van der Waals surface area (Å²) >= 11 is 0. The van der Waals surface area contributed by atoms with E-state index in [0.717, 1.165) is 24.8 Å². The lowest BCUT2D eigenvalue weighted by Crippen LogP contribution is -2.42. The maximum atomic E-state index is 13.2. The Kier molecular flexibility index (Phi) is 6.92. The van der Waals surface area contributed by atoms with Crippen LogP contribution in [0.4, 0.5) is 4.79 Å². The molecule has 7 nitrogen and oxygen atoms in total. The van der Waals surface area contributed by atoms with Crippen LogP contribution in [0.3, 0.4) is 0 Å². The van der Waals surface area contributed by atoms with Gasteiger partial charge in [-0.15, -0.1) is 0 Å². The van der Waals surface area contributed by atoms with Crippen LogP contribution in [0.5, 0.6) is 0 Å². The molecular weight excluding hydrogens is 396 g/mol. The zero-order valence-electron chi connectivity index (χ0n) is 19.0. The molecule has 2 fully saturated rings. The van der Waals surface area contributed by atoms with Crippen LogP contribution in [-0.2, 0) is 4.74 Å². The molecule has 0 saturated carbocycles. The highest BCUT2D eigenvalue weighted by atomic mass is 16.6. The Balaban J connectivity index is 1.76. The largest absolute Gasteiger partial charge is 0.478 e. The fourth-order valence-electron chi connectivity index (χ4n) is 4.42. The molecule has 2 aliphatic rings. The zero-order chi connectivity index (χ0) is 22.8. The highest BCUT2D eigenvalue weighted by Crippen LogP contribution is 2.31. The van der Waals surface area contributed by atoms with E-state index in [1.54, 1.807) is 11.0 Å². The van der Waals surface area contributed by atoms with Crippen molar-refractivity contribution >= 4 is 18.0 Å². The fraction of sp³-hybridized carbons (Fsp3) is 0.625. The number of carboxylic acid groups (broad SMARTS) is 1. The third-order valence-electron chi connectivity index (χ3n) is 6.13. The van der Waals surface area contributed by atoms with Crippen molar-refractivity contribution in [1.82, 2.24) is 9.80 Å². The molecule has 0 aromatic heterocycles. The van der Waals surface area contributed by atoms with Crippen molar-refractivity contribution in [2.45, 2.75) is 77.4 Å². The van der Waals surface area contributed by atoms with E-state index in [-0.39, 0.29) is 29.5 Å². The molecule has 0 radical (unpaired) electrons. The number of ether oxygens (including phenoxy) is 1. The van der Waals surface area contributed by atoms with Crippen molar-refractivity contribution in [3.8, 4) is 0 Å². The lowest BCUT2D eigenvalue weighted by Gasteiger charge is -2.35. The number of hydrogen-bond donors (Lipinski definition) is 1. The van der Waals surface area contributed by atoms with Crippen molar-refractivity contribution in [3.63, 3.8) is 0 Å². The molecule has 1 aromatic carbocycles. The number of hydrogen-bond acceptors (Lipinski definition) is 4. The summed E-state index contributed by atoms with van der Waals surface area (Å²) < 4.78 is 5.46. The normalized spacial score (nSPS) is 20.5. The average molecular weight is 431 g/mol. The summed E-state index contributed by atoms with van der Waals surface area (Å²) in [6.07, 6.45) is 4.15. The van der Waals surface area contributed by atoms with Crippen LogP contribution in [0.2, 0.25) is 0 Å². The number of rotatable bonds is 3. The number of piperidine rings is 2. The number of amides is 2. The minimum atomic E-state index is -1.03. The van der Waals surface area contributed by atoms with Crippen LogP contribution in [-0.4, -0.2) is 64.2 Å². The molecule has 2 amide bonds. The van der Waals surface area contributed by atoms with Crippen LogP contribution in [0, 0.1) is 0 Å². The number of aromatic carboxylic acids is 1. The third kappa shape index (κ3) is 5.77. The van der Waals surface area contributed by atoms with E-state index in [2.05, 4.69) is 0 Å². The Bertz CT molecular complexity index is 837. The summed E-state index contributed by atoms with van der Waals surface area (Å²) in [5, 5.41) is 9.60. The van der Waals surface area contributed by atoms with Crippen LogP contribution in [0.1, 0.15) is 92.0 Å². The quantitative estimate of drug-likeness (QED) is 0.762. The van der Waals surface area contributed by atoms with E-state index in [1.165, 1.54) is 6.07 Å². The number of carboxylic acids is 1. The molecular formula is C24H34N2O5. The SMILES string of the molecule is CC1CCCCN1C(=O)c1cc(C(=O)O)cc(C2CCN(C(=O)OC(C)(C)C)CC2)c1. The standard InChI is InChI=1S/C24H34N2O5/c1-16-7-5-6-10-26(16)21(27)19-13-18(14-20(15-19)22(28)29)17-8-11-25(12-9-17)23(30)31-24(2,3)4/h13-17H,5-12H2,1-4H3,(H,28,29). The van der Waals surface area contributed by atoms with Gasteiger partial charge in [-0.25, -0.2) is 9.59 Å². The van der Waals surface area contributed by atoms with Gasteiger partial charge in [0, 0.05) is 31.2 Å². The van der Waals surface area contributed by atoms with Gasteiger partial charge in [0.05, 0.1) is 5.56 Å². The molecule has 0 aliphatic carbocycles. The Hall–Kier alpha value is -2.57. The highest BCUT2D eigenvalue weighted by Gasteiger charge is 2.30. The summed E-state index contributed by atoms with van der Waals surface area (Å²) in [5.74, 6) is -1.03. The molecule has 7 heteroatoms. The molecule has 2 heterocycles. The minimum absolute atomic E-state index is 0.0947. The number of nitrogens with zero attached hydrogens (tertiary/aromatic N) is 2. The Morgan fingerprint density at radius 2 is 1.61 bits per heavy atom. The minimum Gasteiger partial charge on any atom is -0.478 e. The topological polar surface area (TPSA) is 87.2 Å². The van der Waals surface area contributed by atoms with Crippen molar-refractivity contribution in [3.05, 3.63) is 34.9 Å². The molecule has 2 aliphatic heterocycles. The van der Waals surface area contributed by atoms with Gasteiger partial charge >= 0.3 is 12.1 Å². The Labute approximate surface area is 184 Å². The molecule has 0 spiro atoms. The second-order valence-electron chi connectivity index (χ2n) is 9.73. The van der Waals surface area contributed by atoms with Gasteiger partial charge in [-0.2, -0.15) is 0 Å². The van der Waals surface area contributed by atoms with E-state index in [4.69, 9.17) is 4.74 Å². The van der Waals surface area contributed by atoms with E-state index < -0.39 is 11.6 Å². The summed E-state index contributed by atoms with van der Waals surface area (Å²) in [7, 11) is 0. The van der Waals surface area contributed by atoms with Gasteiger partial charge < -0.3 is 19.6 Å². The van der Waals surface area contributed by atoms with Crippen molar-refractivity contribution in [1.29, 1.82) is 0 Å². The van der Waals surface area contributed by atoms with E-state index in [1.807, 2.05) is 38.7 Å². The molecule has 2 saturated heterocycles. The van der Waals surface area contributed by atoms with E-state index in [0.29, 0.717) is 38.0 Å². The molecule has 1 unspecified atom stereocenters. The lowest BCUT2D eigenvalue weighted by atomic mass is 9.87. The van der Waals surface area contributed by atoms with Crippen molar-refractivity contribution in [2.24, 2.45) is 0 Å². The molecule has 3 rings (SSSR count). The number of likely N-dealkylation sites (tertiary alicyclic amines) is 2. The van der Waals surface area contributed by atoms with E-state index in [9.17, 15) is 19.5 Å². The highest BCUT2D eigenvalue weighted by molar-refractivity contribution is 5.98. The van der Waals surface area contributed by atoms with Gasteiger partial charge in [0.15, 0.2) is 0 Å². The molecule has 1 atom stereocenters. The summed E-state index contributed by atoms with van der Waals surface area (Å²) in [6.45, 7) is 9.38. The number of carbonyl (C=O) groups excluding carboxylic acids is 2. The lowest BCUT2D eigenvalue weighted by molar-refractivity contribution is 0.0204. The van der Waals surface area contributed by atoms with Gasteiger partial charge in [0.2, 0.25) is 0 Å². The molecule has 1 N–H and O–H groups in total. The zero-order valence-corrected chi connectivity index (χ0v) is 19.0. The van der Waals surface area contributed by atoms with E-state index >= 15 is 0 Å². The first-order chi connectivity index (χ1) is 14.5. The molecule has 0 bridgehead atoms. The molecule has 1 aromatic rings. The summed E-state index contributed by atoms with van der Waals surface area (Å²) in [4.78, 5) is 40.8. The van der Waals surface area contributed by atoms with Gasteiger partial charge in [0.25, 0.3) is 5.91 Å². The number of carbonyl (C=O) groups is 3. The second kappa shape index (κ2) is 9.28. The van der Waals surface area contributed by atoms with Gasteiger partial charge in [-0.05, 0) is 89.5 Å². The monoisotopic (exact) mass is 430 g/mol. The second-order valence-corrected chi connectivity index (χ2v) is 9.73. The third-order valence-corrected chi connectivity index (χ3v) is 6.13. The molecule has 170 valence electrons. The fourth-order valence-corrected chi connectivity index (χ4v) is 4.42. The van der Waals surface area contributed by atoms with Crippen molar-refractivity contribution < 1.29 is 24.2 Å². The smallest absolute Gasteiger partial charge is 0.410 e. The van der Waals surface area contributed by atoms with Gasteiger partial charge in [0.1, 0.15) is 5.60 Å². The number of benzene rings is 1. The first-order valence-electron chi connectivity index (χ1n) is 11.2. The first kappa shape index (κ1) is 23.1. The Morgan fingerprint density at radius 3 is 2.19 bits per heavy atom.